The minimum atomic E-state index is -0.215. The molecule has 0 radical (unpaired) electrons. The third kappa shape index (κ3) is 6.35. The maximum atomic E-state index is 12.4. The number of pyridine rings is 1. The van der Waals surface area contributed by atoms with Crippen LogP contribution in [0.3, 0.4) is 0 Å². The Balaban J connectivity index is 1.33. The fourth-order valence-electron chi connectivity index (χ4n) is 3.94. The van der Waals surface area contributed by atoms with E-state index in [4.69, 9.17) is 14.4 Å². The predicted octanol–water partition coefficient (Wildman–Crippen LogP) is 4.67. The molecule has 1 amide bonds. The molecular weight excluding hydrogens is 434 g/mol. The van der Waals surface area contributed by atoms with Gasteiger partial charge in [0, 0.05) is 49.2 Å². The standard InChI is InChI=1S/C25H31N5O2S/c1-3-19-16-23(30-15-7-5-8-18(30)2)29-25(28-19)33-17-21-10-11-22(32-21)24(31)27-14-12-20-9-4-6-13-26-20/h4,6,9-11,13,16,18H,3,5,7-8,12,14-15,17H2,1-2H3,(H,27,31). The topological polar surface area (TPSA) is 84.2 Å². The Morgan fingerprint density at radius 3 is 2.91 bits per heavy atom. The lowest BCUT2D eigenvalue weighted by molar-refractivity contribution is 0.0925. The maximum absolute atomic E-state index is 12.4. The second-order valence-electron chi connectivity index (χ2n) is 8.27. The van der Waals surface area contributed by atoms with Crippen molar-refractivity contribution in [2.75, 3.05) is 18.0 Å². The van der Waals surface area contributed by atoms with Crippen LogP contribution < -0.4 is 10.2 Å². The van der Waals surface area contributed by atoms with E-state index in [1.165, 1.54) is 19.3 Å². The molecule has 0 aromatic carbocycles. The Kier molecular flexibility index (Phi) is 7.99. The van der Waals surface area contributed by atoms with Gasteiger partial charge in [-0.3, -0.25) is 9.78 Å². The number of carbonyl (C=O) groups excluding carboxylic acids is 1. The molecule has 1 unspecified atom stereocenters. The van der Waals surface area contributed by atoms with Crippen LogP contribution >= 0.6 is 11.8 Å². The van der Waals surface area contributed by atoms with E-state index in [1.807, 2.05) is 24.3 Å². The predicted molar refractivity (Wildman–Crippen MR) is 131 cm³/mol. The first kappa shape index (κ1) is 23.3. The maximum Gasteiger partial charge on any atom is 0.287 e. The van der Waals surface area contributed by atoms with Gasteiger partial charge in [0.1, 0.15) is 11.6 Å². The third-order valence-corrected chi connectivity index (χ3v) is 6.70. The van der Waals surface area contributed by atoms with Gasteiger partial charge >= 0.3 is 0 Å². The Morgan fingerprint density at radius 2 is 2.12 bits per heavy atom. The Hall–Kier alpha value is -2.87. The number of anilines is 1. The molecule has 4 rings (SSSR count). The van der Waals surface area contributed by atoms with Crippen LogP contribution in [-0.2, 0) is 18.6 Å². The van der Waals surface area contributed by atoms with Crippen LogP contribution in [0.15, 0.2) is 52.2 Å². The highest BCUT2D eigenvalue weighted by Crippen LogP contribution is 2.27. The number of nitrogens with one attached hydrogen (secondary N) is 1. The number of rotatable bonds is 9. The first-order valence-electron chi connectivity index (χ1n) is 11.7. The summed E-state index contributed by atoms with van der Waals surface area (Å²) in [5.41, 5.74) is 2.00. The molecule has 0 aliphatic carbocycles. The molecule has 4 heterocycles. The molecular formula is C25H31N5O2S. The van der Waals surface area contributed by atoms with Crippen LogP contribution in [0.25, 0.3) is 0 Å². The van der Waals surface area contributed by atoms with Crippen LogP contribution in [-0.4, -0.2) is 40.0 Å². The molecule has 1 fully saturated rings. The Morgan fingerprint density at radius 1 is 1.21 bits per heavy atom. The van der Waals surface area contributed by atoms with Gasteiger partial charge < -0.3 is 14.6 Å². The lowest BCUT2D eigenvalue weighted by Gasteiger charge is -2.34. The highest BCUT2D eigenvalue weighted by atomic mass is 32.2. The number of aromatic nitrogens is 3. The number of nitrogens with zero attached hydrogens (tertiary/aromatic N) is 4. The summed E-state index contributed by atoms with van der Waals surface area (Å²) in [4.78, 5) is 28.6. The van der Waals surface area contributed by atoms with Crippen LogP contribution in [0.1, 0.15) is 60.8 Å². The third-order valence-electron chi connectivity index (χ3n) is 5.83. The van der Waals surface area contributed by atoms with Gasteiger partial charge in [-0.2, -0.15) is 0 Å². The van der Waals surface area contributed by atoms with E-state index < -0.39 is 0 Å². The smallest absolute Gasteiger partial charge is 0.287 e. The van der Waals surface area contributed by atoms with E-state index in [-0.39, 0.29) is 5.91 Å². The SMILES string of the molecule is CCc1cc(N2CCCCC2C)nc(SCc2ccc(C(=O)NCCc3ccccn3)o2)n1. The second-order valence-corrected chi connectivity index (χ2v) is 9.22. The number of hydrogen-bond acceptors (Lipinski definition) is 7. The van der Waals surface area contributed by atoms with E-state index in [1.54, 1.807) is 24.0 Å². The van der Waals surface area contributed by atoms with E-state index in [2.05, 4.69) is 35.1 Å². The summed E-state index contributed by atoms with van der Waals surface area (Å²) in [7, 11) is 0. The molecule has 3 aromatic heterocycles. The Bertz CT molecular complexity index is 1060. The van der Waals surface area contributed by atoms with Crippen molar-refractivity contribution in [1.29, 1.82) is 0 Å². The molecule has 0 saturated carbocycles. The molecule has 0 spiro atoms. The largest absolute Gasteiger partial charge is 0.455 e. The summed E-state index contributed by atoms with van der Waals surface area (Å²) in [5, 5.41) is 3.64. The quantitative estimate of drug-likeness (QED) is 0.363. The minimum Gasteiger partial charge on any atom is -0.455 e. The minimum absolute atomic E-state index is 0.215. The second kappa shape index (κ2) is 11.3. The van der Waals surface area contributed by atoms with Gasteiger partial charge in [-0.15, -0.1) is 0 Å². The van der Waals surface area contributed by atoms with Crippen molar-refractivity contribution in [1.82, 2.24) is 20.3 Å². The van der Waals surface area contributed by atoms with E-state index in [9.17, 15) is 4.79 Å². The van der Waals surface area contributed by atoms with E-state index in [0.29, 0.717) is 30.5 Å². The zero-order valence-corrected chi connectivity index (χ0v) is 20.1. The van der Waals surface area contributed by atoms with Gasteiger partial charge in [-0.05, 0) is 56.9 Å². The van der Waals surface area contributed by atoms with Gasteiger partial charge in [0.05, 0.1) is 5.75 Å². The van der Waals surface area contributed by atoms with Crippen molar-refractivity contribution in [2.45, 2.75) is 62.9 Å². The summed E-state index contributed by atoms with van der Waals surface area (Å²) in [5.74, 6) is 2.42. The van der Waals surface area contributed by atoms with Crippen molar-refractivity contribution in [3.05, 3.63) is 65.5 Å². The molecule has 1 saturated heterocycles. The average molecular weight is 466 g/mol. The molecule has 1 aliphatic rings. The van der Waals surface area contributed by atoms with Gasteiger partial charge in [-0.1, -0.05) is 24.8 Å². The lowest BCUT2D eigenvalue weighted by atomic mass is 10.0. The molecule has 0 bridgehead atoms. The zero-order valence-electron chi connectivity index (χ0n) is 19.3. The molecule has 1 aliphatic heterocycles. The number of furan rings is 1. The Labute approximate surface area is 199 Å². The number of hydrogen-bond donors (Lipinski definition) is 1. The summed E-state index contributed by atoms with van der Waals surface area (Å²) in [6.45, 7) is 5.94. The fourth-order valence-corrected chi connectivity index (χ4v) is 4.71. The van der Waals surface area contributed by atoms with Crippen molar-refractivity contribution in [3.63, 3.8) is 0 Å². The van der Waals surface area contributed by atoms with Gasteiger partial charge in [0.2, 0.25) is 0 Å². The molecule has 1 atom stereocenters. The van der Waals surface area contributed by atoms with Gasteiger partial charge in [0.15, 0.2) is 10.9 Å². The number of piperidine rings is 1. The van der Waals surface area contributed by atoms with Gasteiger partial charge in [0.25, 0.3) is 5.91 Å². The average Bonchev–Trinajstić information content (AvgIpc) is 3.33. The first-order valence-corrected chi connectivity index (χ1v) is 12.6. The summed E-state index contributed by atoms with van der Waals surface area (Å²) >= 11 is 1.54. The lowest BCUT2D eigenvalue weighted by Crippen LogP contribution is -2.38. The monoisotopic (exact) mass is 465 g/mol. The summed E-state index contributed by atoms with van der Waals surface area (Å²) in [6, 6.07) is 11.9. The van der Waals surface area contributed by atoms with Crippen molar-refractivity contribution >= 4 is 23.5 Å². The highest BCUT2D eigenvalue weighted by molar-refractivity contribution is 7.98. The number of amides is 1. The van der Waals surface area contributed by atoms with Crippen LogP contribution in [0.5, 0.6) is 0 Å². The van der Waals surface area contributed by atoms with E-state index >= 15 is 0 Å². The van der Waals surface area contributed by atoms with Crippen LogP contribution in [0.2, 0.25) is 0 Å². The van der Waals surface area contributed by atoms with Crippen molar-refractivity contribution < 1.29 is 9.21 Å². The fraction of sp³-hybridized carbons (Fsp3) is 0.440. The molecule has 1 N–H and O–H groups in total. The summed E-state index contributed by atoms with van der Waals surface area (Å²) in [6.07, 6.45) is 6.99. The first-order chi connectivity index (χ1) is 16.1. The highest BCUT2D eigenvalue weighted by Gasteiger charge is 2.21. The molecule has 7 nitrogen and oxygen atoms in total. The number of thioether (sulfide) groups is 1. The summed E-state index contributed by atoms with van der Waals surface area (Å²) < 4.78 is 5.78. The van der Waals surface area contributed by atoms with Gasteiger partial charge in [-0.25, -0.2) is 9.97 Å². The number of carbonyl (C=O) groups is 1. The van der Waals surface area contributed by atoms with E-state index in [0.717, 1.165) is 41.1 Å². The van der Waals surface area contributed by atoms with Crippen molar-refractivity contribution in [2.24, 2.45) is 0 Å². The molecule has 3 aromatic rings. The number of aryl methyl sites for hydroxylation is 1. The zero-order chi connectivity index (χ0) is 23.0. The van der Waals surface area contributed by atoms with Crippen LogP contribution in [0.4, 0.5) is 5.82 Å². The van der Waals surface area contributed by atoms with Crippen molar-refractivity contribution in [3.8, 4) is 0 Å². The molecule has 33 heavy (non-hydrogen) atoms. The molecule has 8 heteroatoms. The molecule has 174 valence electrons. The van der Waals surface area contributed by atoms with Crippen LogP contribution in [0, 0.1) is 0 Å². The normalized spacial score (nSPS) is 16.1.